The number of fused-ring (bicyclic) bond motifs is 1. The van der Waals surface area contributed by atoms with Crippen LogP contribution < -0.4 is 10.4 Å². The van der Waals surface area contributed by atoms with Gasteiger partial charge in [0.05, 0.1) is 11.0 Å². The van der Waals surface area contributed by atoms with Crippen LogP contribution in [0.5, 0.6) is 0 Å². The molecule has 1 aromatic carbocycles. The first-order valence-electron chi connectivity index (χ1n) is 8.44. The van der Waals surface area contributed by atoms with E-state index in [0.717, 1.165) is 11.3 Å². The summed E-state index contributed by atoms with van der Waals surface area (Å²) < 4.78 is 31.9. The van der Waals surface area contributed by atoms with Crippen molar-refractivity contribution < 1.29 is 8.42 Å². The number of H-pyrrole nitrogens is 1. The van der Waals surface area contributed by atoms with Gasteiger partial charge in [-0.1, -0.05) is 13.8 Å². The second-order valence-electron chi connectivity index (χ2n) is 7.05. The van der Waals surface area contributed by atoms with Crippen LogP contribution in [0.1, 0.15) is 25.1 Å². The van der Waals surface area contributed by atoms with Crippen molar-refractivity contribution in [2.24, 2.45) is 20.0 Å². The van der Waals surface area contributed by atoms with E-state index in [2.05, 4.69) is 44.7 Å². The molecule has 2 aromatic heterocycles. The number of aromatic nitrogens is 4. The lowest BCUT2D eigenvalue weighted by molar-refractivity contribution is 0.600. The van der Waals surface area contributed by atoms with Crippen LogP contribution in [0.3, 0.4) is 0 Å². The average molecular weight is 456 g/mol. The van der Waals surface area contributed by atoms with Gasteiger partial charge in [-0.05, 0) is 47.3 Å². The van der Waals surface area contributed by atoms with Gasteiger partial charge in [-0.2, -0.15) is 5.10 Å². The molecule has 0 saturated carbocycles. The maximum absolute atomic E-state index is 13.0. The lowest BCUT2D eigenvalue weighted by Crippen LogP contribution is -2.19. The van der Waals surface area contributed by atoms with Gasteiger partial charge < -0.3 is 0 Å². The molecule has 0 aliphatic rings. The maximum atomic E-state index is 13.0. The molecule has 2 heterocycles. The Kier molecular flexibility index (Phi) is 4.98. The Balaban J connectivity index is 2.10. The highest BCUT2D eigenvalue weighted by molar-refractivity contribution is 9.10. The van der Waals surface area contributed by atoms with Crippen molar-refractivity contribution in [3.63, 3.8) is 0 Å². The molecule has 10 heteroatoms. The summed E-state index contributed by atoms with van der Waals surface area (Å²) in [7, 11) is -0.646. The van der Waals surface area contributed by atoms with Crippen molar-refractivity contribution in [1.82, 2.24) is 19.3 Å². The molecule has 27 heavy (non-hydrogen) atoms. The van der Waals surface area contributed by atoms with Crippen molar-refractivity contribution in [3.8, 4) is 0 Å². The van der Waals surface area contributed by atoms with Crippen LogP contribution in [0.15, 0.2) is 26.3 Å². The molecule has 8 nitrogen and oxygen atoms in total. The molecule has 0 aliphatic heterocycles. The van der Waals surface area contributed by atoms with Crippen molar-refractivity contribution >= 4 is 42.8 Å². The van der Waals surface area contributed by atoms with Gasteiger partial charge in [0.2, 0.25) is 0 Å². The van der Waals surface area contributed by atoms with Crippen LogP contribution in [-0.2, 0) is 30.5 Å². The predicted molar refractivity (Wildman–Crippen MR) is 109 cm³/mol. The lowest BCUT2D eigenvalue weighted by atomic mass is 10.0. The van der Waals surface area contributed by atoms with E-state index in [4.69, 9.17) is 0 Å². The van der Waals surface area contributed by atoms with E-state index in [-0.39, 0.29) is 10.6 Å². The van der Waals surface area contributed by atoms with Crippen molar-refractivity contribution in [3.05, 3.63) is 38.3 Å². The highest BCUT2D eigenvalue weighted by Gasteiger charge is 2.24. The van der Waals surface area contributed by atoms with E-state index in [1.54, 1.807) is 20.2 Å². The van der Waals surface area contributed by atoms with Gasteiger partial charge in [0.1, 0.15) is 4.90 Å². The monoisotopic (exact) mass is 455 g/mol. The molecule has 0 radical (unpaired) electrons. The van der Waals surface area contributed by atoms with Gasteiger partial charge in [0.25, 0.3) is 10.0 Å². The topological polar surface area (TPSA) is 102 Å². The minimum Gasteiger partial charge on any atom is -0.295 e. The standard InChI is InChI=1S/C17H22BrN5O3S/c1-9(2)6-11-10(3)19-20-16(11)21-27(25,26)15-8-14-13(7-12(15)18)22(4)17(24)23(14)5/h7-9H,6H2,1-5H3,(H2,19,20,21). The molecule has 0 spiro atoms. The summed E-state index contributed by atoms with van der Waals surface area (Å²) >= 11 is 3.33. The smallest absolute Gasteiger partial charge is 0.295 e. The molecule has 0 amide bonds. The highest BCUT2D eigenvalue weighted by Crippen LogP contribution is 2.30. The maximum Gasteiger partial charge on any atom is 0.328 e. The molecule has 0 fully saturated rings. The van der Waals surface area contributed by atoms with Crippen molar-refractivity contribution in [2.75, 3.05) is 4.72 Å². The van der Waals surface area contributed by atoms with Crippen LogP contribution in [-0.4, -0.2) is 27.7 Å². The van der Waals surface area contributed by atoms with E-state index in [1.807, 2.05) is 6.92 Å². The first-order chi connectivity index (χ1) is 12.5. The van der Waals surface area contributed by atoms with E-state index in [9.17, 15) is 13.2 Å². The fourth-order valence-electron chi connectivity index (χ4n) is 3.08. The fraction of sp³-hybridized carbons (Fsp3) is 0.412. The number of hydrogen-bond donors (Lipinski definition) is 2. The van der Waals surface area contributed by atoms with Gasteiger partial charge in [0.15, 0.2) is 5.82 Å². The van der Waals surface area contributed by atoms with Crippen LogP contribution in [0.4, 0.5) is 5.82 Å². The molecule has 146 valence electrons. The quantitative estimate of drug-likeness (QED) is 0.616. The normalized spacial score (nSPS) is 12.3. The zero-order valence-electron chi connectivity index (χ0n) is 15.8. The third-order valence-electron chi connectivity index (χ3n) is 4.53. The minimum absolute atomic E-state index is 0.0485. The van der Waals surface area contributed by atoms with E-state index in [0.29, 0.717) is 33.7 Å². The Labute approximate surface area is 165 Å². The first kappa shape index (κ1) is 19.7. The predicted octanol–water partition coefficient (Wildman–Crippen LogP) is 2.67. The van der Waals surface area contributed by atoms with Gasteiger partial charge in [-0.3, -0.25) is 19.0 Å². The molecule has 3 rings (SSSR count). The molecule has 0 unspecified atom stereocenters. The van der Waals surface area contributed by atoms with E-state index < -0.39 is 10.0 Å². The molecule has 3 aromatic rings. The summed E-state index contributed by atoms with van der Waals surface area (Å²) in [5.74, 6) is 0.654. The molecule has 0 saturated heterocycles. The Morgan fingerprint density at radius 3 is 2.41 bits per heavy atom. The summed E-state index contributed by atoms with van der Waals surface area (Å²) in [4.78, 5) is 12.2. The summed E-state index contributed by atoms with van der Waals surface area (Å²) in [6, 6.07) is 3.13. The summed E-state index contributed by atoms with van der Waals surface area (Å²) in [6.07, 6.45) is 0.702. The SMILES string of the molecule is Cc1[nH]nc(NS(=O)(=O)c2cc3c(cc2Br)n(C)c(=O)n3C)c1CC(C)C. The Morgan fingerprint density at radius 1 is 1.22 bits per heavy atom. The molecule has 0 aliphatic carbocycles. The highest BCUT2D eigenvalue weighted by atomic mass is 79.9. The molecule has 2 N–H and O–H groups in total. The fourth-order valence-corrected chi connectivity index (χ4v) is 5.17. The van der Waals surface area contributed by atoms with Crippen LogP contribution in [0, 0.1) is 12.8 Å². The number of anilines is 1. The number of imidazole rings is 1. The largest absolute Gasteiger partial charge is 0.328 e. The second-order valence-corrected chi connectivity index (χ2v) is 9.56. The number of hydrogen-bond acceptors (Lipinski definition) is 4. The number of nitrogens with zero attached hydrogens (tertiary/aromatic N) is 3. The van der Waals surface area contributed by atoms with Gasteiger partial charge in [-0.25, -0.2) is 13.2 Å². The first-order valence-corrected chi connectivity index (χ1v) is 10.7. The molecular weight excluding hydrogens is 434 g/mol. The Morgan fingerprint density at radius 2 is 1.81 bits per heavy atom. The number of aryl methyl sites for hydroxylation is 3. The summed E-state index contributed by atoms with van der Waals surface area (Å²) in [6.45, 7) is 5.99. The van der Waals surface area contributed by atoms with Gasteiger partial charge in [0, 0.05) is 29.8 Å². The third-order valence-corrected chi connectivity index (χ3v) is 6.83. The molecule has 0 bridgehead atoms. The van der Waals surface area contributed by atoms with E-state index >= 15 is 0 Å². The zero-order valence-corrected chi connectivity index (χ0v) is 18.2. The summed E-state index contributed by atoms with van der Waals surface area (Å²) in [5, 5.41) is 6.96. The third kappa shape index (κ3) is 3.43. The second kappa shape index (κ2) is 6.83. The lowest BCUT2D eigenvalue weighted by Gasteiger charge is -2.11. The van der Waals surface area contributed by atoms with Crippen LogP contribution in [0.25, 0.3) is 11.0 Å². The number of nitrogens with one attached hydrogen (secondary N) is 2. The zero-order chi connectivity index (χ0) is 20.1. The molecular formula is C17H22BrN5O3S. The van der Waals surface area contributed by atoms with Crippen molar-refractivity contribution in [2.45, 2.75) is 32.1 Å². The average Bonchev–Trinajstić information content (AvgIpc) is 3.00. The van der Waals surface area contributed by atoms with E-state index in [1.165, 1.54) is 15.2 Å². The van der Waals surface area contributed by atoms with Crippen molar-refractivity contribution in [1.29, 1.82) is 0 Å². The molecule has 0 atom stereocenters. The number of benzene rings is 1. The number of aromatic amines is 1. The number of sulfonamides is 1. The summed E-state index contributed by atoms with van der Waals surface area (Å²) in [5.41, 5.74) is 2.64. The number of rotatable bonds is 5. The van der Waals surface area contributed by atoms with Gasteiger partial charge >= 0.3 is 5.69 Å². The Bertz CT molecular complexity index is 1190. The Hall–Kier alpha value is -2.07. The minimum atomic E-state index is -3.90. The van der Waals surface area contributed by atoms with Crippen LogP contribution >= 0.6 is 15.9 Å². The van der Waals surface area contributed by atoms with Gasteiger partial charge in [-0.15, -0.1) is 0 Å². The number of halogens is 1. The van der Waals surface area contributed by atoms with Crippen LogP contribution in [0.2, 0.25) is 0 Å².